The van der Waals surface area contributed by atoms with E-state index >= 15 is 0 Å². The second kappa shape index (κ2) is 9.48. The van der Waals surface area contributed by atoms with Crippen LogP contribution < -0.4 is 5.32 Å². The number of rotatable bonds is 9. The molecule has 0 atom stereocenters. The molecule has 1 aromatic carbocycles. The third kappa shape index (κ3) is 6.68. The van der Waals surface area contributed by atoms with Gasteiger partial charge in [-0.05, 0) is 24.7 Å². The summed E-state index contributed by atoms with van der Waals surface area (Å²) >= 11 is 1.82. The van der Waals surface area contributed by atoms with E-state index in [2.05, 4.69) is 29.6 Å². The van der Waals surface area contributed by atoms with Crippen LogP contribution in [-0.2, 0) is 16.0 Å². The fourth-order valence-corrected chi connectivity index (χ4v) is 2.26. The first-order valence-corrected chi connectivity index (χ1v) is 6.78. The summed E-state index contributed by atoms with van der Waals surface area (Å²) < 4.78 is 10.3. The van der Waals surface area contributed by atoms with Crippen molar-refractivity contribution >= 4 is 11.8 Å². The van der Waals surface area contributed by atoms with Crippen LogP contribution in [0.4, 0.5) is 0 Å². The molecule has 0 amide bonds. The predicted molar refractivity (Wildman–Crippen MR) is 72.6 cm³/mol. The lowest BCUT2D eigenvalue weighted by Gasteiger charge is -2.05. The fourth-order valence-electron chi connectivity index (χ4n) is 1.41. The van der Waals surface area contributed by atoms with E-state index in [4.69, 9.17) is 9.47 Å². The Hall–Kier alpha value is -0.550. The Labute approximate surface area is 108 Å². The molecule has 1 N–H and O–H groups in total. The van der Waals surface area contributed by atoms with Crippen molar-refractivity contribution in [1.82, 2.24) is 5.32 Å². The molecule has 17 heavy (non-hydrogen) atoms. The molecule has 0 spiro atoms. The molecule has 0 fully saturated rings. The third-order valence-electron chi connectivity index (χ3n) is 2.21. The molecule has 96 valence electrons. The van der Waals surface area contributed by atoms with Gasteiger partial charge >= 0.3 is 0 Å². The summed E-state index contributed by atoms with van der Waals surface area (Å²) in [7, 11) is 3.65. The van der Waals surface area contributed by atoms with Gasteiger partial charge in [-0.1, -0.05) is 12.1 Å². The van der Waals surface area contributed by atoms with Gasteiger partial charge in [0.25, 0.3) is 0 Å². The third-order valence-corrected chi connectivity index (χ3v) is 3.17. The zero-order valence-electron chi connectivity index (χ0n) is 10.6. The van der Waals surface area contributed by atoms with Crippen LogP contribution in [0.5, 0.6) is 0 Å². The molecule has 0 saturated carbocycles. The van der Waals surface area contributed by atoms with E-state index in [1.807, 2.05) is 18.8 Å². The summed E-state index contributed by atoms with van der Waals surface area (Å²) in [4.78, 5) is 1.30. The molecule has 0 saturated heterocycles. The Bertz CT molecular complexity index is 307. The lowest BCUT2D eigenvalue weighted by atomic mass is 10.2. The van der Waals surface area contributed by atoms with Crippen molar-refractivity contribution < 1.29 is 9.47 Å². The number of ether oxygens (including phenoxy) is 2. The molecule has 0 bridgehead atoms. The van der Waals surface area contributed by atoms with E-state index in [9.17, 15) is 0 Å². The van der Waals surface area contributed by atoms with Gasteiger partial charge < -0.3 is 14.8 Å². The molecular formula is C13H21NO2S. The highest BCUT2D eigenvalue weighted by molar-refractivity contribution is 7.99. The Morgan fingerprint density at radius 3 is 2.88 bits per heavy atom. The summed E-state index contributed by atoms with van der Waals surface area (Å²) in [6, 6.07) is 8.59. The molecule has 1 rings (SSSR count). The number of nitrogens with one attached hydrogen (secondary N) is 1. The lowest BCUT2D eigenvalue weighted by molar-refractivity contribution is 0.0790. The van der Waals surface area contributed by atoms with Crippen LogP contribution in [0.3, 0.4) is 0 Å². The van der Waals surface area contributed by atoms with Crippen molar-refractivity contribution in [3.8, 4) is 0 Å². The molecule has 0 heterocycles. The molecule has 0 aliphatic carbocycles. The largest absolute Gasteiger partial charge is 0.382 e. The van der Waals surface area contributed by atoms with Gasteiger partial charge in [0, 0.05) is 24.3 Å². The van der Waals surface area contributed by atoms with Crippen molar-refractivity contribution in [3.05, 3.63) is 29.8 Å². The van der Waals surface area contributed by atoms with Crippen LogP contribution in [0.25, 0.3) is 0 Å². The summed E-state index contributed by atoms with van der Waals surface area (Å²) in [6.07, 6.45) is 0. The van der Waals surface area contributed by atoms with Gasteiger partial charge in [0.1, 0.15) is 0 Å². The Kier molecular flexibility index (Phi) is 8.09. The molecule has 1 aromatic rings. The number of hydrogen-bond acceptors (Lipinski definition) is 4. The molecule has 3 nitrogen and oxygen atoms in total. The van der Waals surface area contributed by atoms with E-state index < -0.39 is 0 Å². The van der Waals surface area contributed by atoms with Gasteiger partial charge in [0.2, 0.25) is 0 Å². The first-order valence-electron chi connectivity index (χ1n) is 5.80. The van der Waals surface area contributed by atoms with Crippen molar-refractivity contribution in [3.63, 3.8) is 0 Å². The highest BCUT2D eigenvalue weighted by Crippen LogP contribution is 2.18. The quantitative estimate of drug-likeness (QED) is 0.541. The monoisotopic (exact) mass is 255 g/mol. The van der Waals surface area contributed by atoms with Crippen molar-refractivity contribution in [2.75, 3.05) is 39.7 Å². The zero-order valence-corrected chi connectivity index (χ0v) is 11.4. The van der Waals surface area contributed by atoms with Gasteiger partial charge in [0.15, 0.2) is 0 Å². The predicted octanol–water partition coefficient (Wildman–Crippen LogP) is 2.16. The van der Waals surface area contributed by atoms with Crippen LogP contribution in [0.2, 0.25) is 0 Å². The second-order valence-corrected chi connectivity index (χ2v) is 4.80. The zero-order chi connectivity index (χ0) is 12.3. The maximum Gasteiger partial charge on any atom is 0.0700 e. The lowest BCUT2D eigenvalue weighted by Crippen LogP contribution is -2.05. The Morgan fingerprint density at radius 1 is 1.24 bits per heavy atom. The van der Waals surface area contributed by atoms with Crippen LogP contribution in [0, 0.1) is 0 Å². The van der Waals surface area contributed by atoms with Crippen LogP contribution in [-0.4, -0.2) is 39.7 Å². The summed E-state index contributed by atoms with van der Waals surface area (Å²) in [6.45, 7) is 3.03. The summed E-state index contributed by atoms with van der Waals surface area (Å²) in [5.74, 6) is 0.979. The number of benzene rings is 1. The van der Waals surface area contributed by atoms with Gasteiger partial charge in [-0.3, -0.25) is 0 Å². The average Bonchev–Trinajstić information content (AvgIpc) is 2.35. The Morgan fingerprint density at radius 2 is 2.12 bits per heavy atom. The number of thioether (sulfide) groups is 1. The maximum atomic E-state index is 5.42. The second-order valence-electron chi connectivity index (χ2n) is 3.63. The molecule has 0 aliphatic rings. The van der Waals surface area contributed by atoms with Gasteiger partial charge in [-0.25, -0.2) is 0 Å². The maximum absolute atomic E-state index is 5.42. The molecule has 0 unspecified atom stereocenters. The van der Waals surface area contributed by atoms with E-state index in [-0.39, 0.29) is 0 Å². The molecule has 0 aliphatic heterocycles. The molecular weight excluding hydrogens is 234 g/mol. The highest BCUT2D eigenvalue weighted by Gasteiger charge is 1.96. The van der Waals surface area contributed by atoms with Crippen LogP contribution in [0.15, 0.2) is 29.2 Å². The van der Waals surface area contributed by atoms with E-state index in [0.29, 0.717) is 13.2 Å². The van der Waals surface area contributed by atoms with E-state index in [1.165, 1.54) is 10.5 Å². The van der Waals surface area contributed by atoms with E-state index in [1.54, 1.807) is 7.11 Å². The molecule has 4 heteroatoms. The smallest absolute Gasteiger partial charge is 0.0700 e. The summed E-state index contributed by atoms with van der Waals surface area (Å²) in [5.41, 5.74) is 1.32. The number of methoxy groups -OCH3 is 1. The standard InChI is InChI=1S/C13H21NO2S/c1-14-11-12-4-3-5-13(10-12)17-9-8-16-7-6-15-2/h3-5,10,14H,6-9,11H2,1-2H3. The van der Waals surface area contributed by atoms with Crippen molar-refractivity contribution in [2.24, 2.45) is 0 Å². The molecule has 0 radical (unpaired) electrons. The highest BCUT2D eigenvalue weighted by atomic mass is 32.2. The first kappa shape index (κ1) is 14.5. The van der Waals surface area contributed by atoms with Crippen LogP contribution in [0.1, 0.15) is 5.56 Å². The minimum absolute atomic E-state index is 0.669. The van der Waals surface area contributed by atoms with Crippen molar-refractivity contribution in [2.45, 2.75) is 11.4 Å². The number of hydrogen-bond donors (Lipinski definition) is 1. The average molecular weight is 255 g/mol. The normalized spacial score (nSPS) is 10.7. The topological polar surface area (TPSA) is 30.5 Å². The van der Waals surface area contributed by atoms with Gasteiger partial charge in [-0.15, -0.1) is 11.8 Å². The minimum atomic E-state index is 0.669. The summed E-state index contributed by atoms with van der Waals surface area (Å²) in [5, 5.41) is 3.15. The first-order chi connectivity index (χ1) is 8.36. The van der Waals surface area contributed by atoms with Crippen molar-refractivity contribution in [1.29, 1.82) is 0 Å². The minimum Gasteiger partial charge on any atom is -0.382 e. The van der Waals surface area contributed by atoms with Crippen LogP contribution >= 0.6 is 11.8 Å². The fraction of sp³-hybridized carbons (Fsp3) is 0.538. The molecule has 0 aromatic heterocycles. The SMILES string of the molecule is CNCc1cccc(SCCOCCOC)c1. The Balaban J connectivity index is 2.19. The van der Waals surface area contributed by atoms with Gasteiger partial charge in [-0.2, -0.15) is 0 Å². The van der Waals surface area contributed by atoms with Gasteiger partial charge in [0.05, 0.1) is 19.8 Å². The van der Waals surface area contributed by atoms with E-state index in [0.717, 1.165) is 18.9 Å².